The van der Waals surface area contributed by atoms with E-state index in [0.29, 0.717) is 19.3 Å². The highest BCUT2D eigenvalue weighted by molar-refractivity contribution is 7.15. The zero-order valence-electron chi connectivity index (χ0n) is 11.5. The predicted octanol–water partition coefficient (Wildman–Crippen LogP) is 1.70. The van der Waals surface area contributed by atoms with E-state index in [0.717, 1.165) is 23.5 Å². The van der Waals surface area contributed by atoms with Crippen LogP contribution in [0.3, 0.4) is 0 Å². The molecule has 0 unspecified atom stereocenters. The Morgan fingerprint density at radius 2 is 2.14 bits per heavy atom. The van der Waals surface area contributed by atoms with Gasteiger partial charge in [-0.25, -0.2) is 4.98 Å². The first-order valence-electron chi connectivity index (χ1n) is 7.05. The second-order valence-corrected chi connectivity index (χ2v) is 6.27. The van der Waals surface area contributed by atoms with E-state index in [1.54, 1.807) is 6.20 Å². The molecule has 0 aliphatic heterocycles. The summed E-state index contributed by atoms with van der Waals surface area (Å²) in [6.07, 6.45) is 6.68. The third-order valence-electron chi connectivity index (χ3n) is 4.00. The van der Waals surface area contributed by atoms with E-state index in [9.17, 15) is 9.59 Å². The number of carboxylic acids is 1. The van der Waals surface area contributed by atoms with Gasteiger partial charge < -0.3 is 10.4 Å². The maximum Gasteiger partial charge on any atom is 0.306 e. The monoisotopic (exact) mass is 307 g/mol. The van der Waals surface area contributed by atoms with Gasteiger partial charge in [0.25, 0.3) is 0 Å². The molecule has 2 aromatic heterocycles. The van der Waals surface area contributed by atoms with Gasteiger partial charge in [-0.3, -0.25) is 14.0 Å². The molecule has 6 nitrogen and oxygen atoms in total. The summed E-state index contributed by atoms with van der Waals surface area (Å²) in [5.74, 6) is -0.983. The molecule has 3 rings (SSSR count). The van der Waals surface area contributed by atoms with Crippen LogP contribution >= 0.6 is 11.3 Å². The van der Waals surface area contributed by atoms with E-state index in [2.05, 4.69) is 10.3 Å². The van der Waals surface area contributed by atoms with Crippen molar-refractivity contribution in [2.45, 2.75) is 38.1 Å². The minimum Gasteiger partial charge on any atom is -0.481 e. The zero-order valence-corrected chi connectivity index (χ0v) is 12.3. The minimum absolute atomic E-state index is 0.0119. The normalized spacial score (nSPS) is 22.3. The van der Waals surface area contributed by atoms with Crippen molar-refractivity contribution in [3.8, 4) is 0 Å². The van der Waals surface area contributed by atoms with Crippen LogP contribution in [0.1, 0.15) is 31.4 Å². The Balaban J connectivity index is 1.53. The number of nitrogens with zero attached hydrogens (tertiary/aromatic N) is 2. The fourth-order valence-corrected chi connectivity index (χ4v) is 3.68. The molecular weight excluding hydrogens is 290 g/mol. The summed E-state index contributed by atoms with van der Waals surface area (Å²) < 4.78 is 1.92. The largest absolute Gasteiger partial charge is 0.481 e. The average Bonchev–Trinajstić information content (AvgIpc) is 3.04. The van der Waals surface area contributed by atoms with Gasteiger partial charge in [0.1, 0.15) is 0 Å². The number of aliphatic carboxylic acids is 1. The predicted molar refractivity (Wildman–Crippen MR) is 78.3 cm³/mol. The van der Waals surface area contributed by atoms with E-state index in [-0.39, 0.29) is 17.9 Å². The van der Waals surface area contributed by atoms with E-state index >= 15 is 0 Å². The topological polar surface area (TPSA) is 83.7 Å². The molecule has 0 saturated heterocycles. The number of amides is 1. The molecule has 21 heavy (non-hydrogen) atoms. The van der Waals surface area contributed by atoms with E-state index < -0.39 is 5.97 Å². The lowest BCUT2D eigenvalue weighted by atomic mass is 9.86. The lowest BCUT2D eigenvalue weighted by Crippen LogP contribution is -2.39. The summed E-state index contributed by atoms with van der Waals surface area (Å²) in [4.78, 5) is 28.1. The Kier molecular flexibility index (Phi) is 3.92. The molecule has 1 fully saturated rings. The molecule has 112 valence electrons. The second-order valence-electron chi connectivity index (χ2n) is 5.44. The number of hydrogen-bond donors (Lipinski definition) is 2. The van der Waals surface area contributed by atoms with Gasteiger partial charge in [-0.2, -0.15) is 0 Å². The van der Waals surface area contributed by atoms with Crippen molar-refractivity contribution in [2.75, 3.05) is 0 Å². The van der Waals surface area contributed by atoms with Crippen LogP contribution < -0.4 is 5.32 Å². The van der Waals surface area contributed by atoms with Crippen molar-refractivity contribution >= 4 is 28.2 Å². The number of carbonyl (C=O) groups excluding carboxylic acids is 1. The Bertz CT molecular complexity index is 655. The van der Waals surface area contributed by atoms with Crippen LogP contribution in [-0.4, -0.2) is 32.4 Å². The number of rotatable bonds is 4. The summed E-state index contributed by atoms with van der Waals surface area (Å²) in [5.41, 5.74) is 0.934. The van der Waals surface area contributed by atoms with Crippen LogP contribution in [0.15, 0.2) is 17.8 Å². The van der Waals surface area contributed by atoms with Crippen LogP contribution in [0, 0.1) is 5.92 Å². The third-order valence-corrected chi connectivity index (χ3v) is 4.90. The van der Waals surface area contributed by atoms with Gasteiger partial charge in [0, 0.05) is 29.5 Å². The van der Waals surface area contributed by atoms with Crippen LogP contribution in [0.25, 0.3) is 4.96 Å². The number of carbonyl (C=O) groups is 2. The van der Waals surface area contributed by atoms with E-state index in [4.69, 9.17) is 5.11 Å². The highest BCUT2D eigenvalue weighted by Crippen LogP contribution is 2.24. The Labute approximate surface area is 125 Å². The highest BCUT2D eigenvalue weighted by Gasteiger charge is 2.26. The summed E-state index contributed by atoms with van der Waals surface area (Å²) >= 11 is 1.52. The minimum atomic E-state index is -0.722. The smallest absolute Gasteiger partial charge is 0.306 e. The Morgan fingerprint density at radius 1 is 1.38 bits per heavy atom. The number of fused-ring (bicyclic) bond motifs is 1. The van der Waals surface area contributed by atoms with Gasteiger partial charge >= 0.3 is 5.97 Å². The first-order valence-corrected chi connectivity index (χ1v) is 7.93. The second kappa shape index (κ2) is 5.85. The SMILES string of the molecule is O=C(Cc1csc2nccn12)NC1CCC(C(=O)O)CC1. The maximum atomic E-state index is 12.1. The number of imidazole rings is 1. The van der Waals surface area contributed by atoms with Gasteiger partial charge in [-0.1, -0.05) is 0 Å². The summed E-state index contributed by atoms with van der Waals surface area (Å²) in [5, 5.41) is 13.9. The molecule has 0 atom stereocenters. The van der Waals surface area contributed by atoms with Crippen molar-refractivity contribution in [2.24, 2.45) is 5.92 Å². The summed E-state index contributed by atoms with van der Waals surface area (Å²) in [6.45, 7) is 0. The van der Waals surface area contributed by atoms with E-state index in [1.165, 1.54) is 11.3 Å². The van der Waals surface area contributed by atoms with E-state index in [1.807, 2.05) is 16.0 Å². The van der Waals surface area contributed by atoms with Gasteiger partial charge in [0.2, 0.25) is 5.91 Å². The van der Waals surface area contributed by atoms with Gasteiger partial charge in [0.05, 0.1) is 12.3 Å². The molecule has 1 aliphatic rings. The molecule has 1 amide bonds. The molecule has 2 aromatic rings. The molecule has 0 aromatic carbocycles. The number of nitrogens with one attached hydrogen (secondary N) is 1. The number of thiazole rings is 1. The number of hydrogen-bond acceptors (Lipinski definition) is 4. The lowest BCUT2D eigenvalue weighted by Gasteiger charge is -2.26. The fraction of sp³-hybridized carbons (Fsp3) is 0.500. The molecule has 0 spiro atoms. The standard InChI is InChI=1S/C14H17N3O3S/c18-12(7-11-8-21-14-15-5-6-17(11)14)16-10-3-1-9(2-4-10)13(19)20/h5-6,8-10H,1-4,7H2,(H,16,18)(H,19,20). The van der Waals surface area contributed by atoms with Crippen molar-refractivity contribution in [3.05, 3.63) is 23.5 Å². The molecular formula is C14H17N3O3S. The molecule has 2 N–H and O–H groups in total. The van der Waals surface area contributed by atoms with Crippen molar-refractivity contribution in [1.29, 1.82) is 0 Å². The first-order chi connectivity index (χ1) is 10.1. The number of carboxylic acid groups (broad SMARTS) is 1. The summed E-state index contributed by atoms with van der Waals surface area (Å²) in [6, 6.07) is 0.102. The molecule has 7 heteroatoms. The zero-order chi connectivity index (χ0) is 14.8. The lowest BCUT2D eigenvalue weighted by molar-refractivity contribution is -0.142. The average molecular weight is 307 g/mol. The maximum absolute atomic E-state index is 12.1. The van der Waals surface area contributed by atoms with Gasteiger partial charge in [-0.05, 0) is 25.7 Å². The van der Waals surface area contributed by atoms with Crippen molar-refractivity contribution in [1.82, 2.24) is 14.7 Å². The van der Waals surface area contributed by atoms with Gasteiger partial charge in [-0.15, -0.1) is 11.3 Å². The van der Waals surface area contributed by atoms with Crippen LogP contribution in [-0.2, 0) is 16.0 Å². The highest BCUT2D eigenvalue weighted by atomic mass is 32.1. The summed E-state index contributed by atoms with van der Waals surface area (Å²) in [7, 11) is 0. The van der Waals surface area contributed by atoms with Gasteiger partial charge in [0.15, 0.2) is 4.96 Å². The van der Waals surface area contributed by atoms with Crippen molar-refractivity contribution < 1.29 is 14.7 Å². The van der Waals surface area contributed by atoms with Crippen LogP contribution in [0.2, 0.25) is 0 Å². The van der Waals surface area contributed by atoms with Crippen LogP contribution in [0.5, 0.6) is 0 Å². The molecule has 0 bridgehead atoms. The quantitative estimate of drug-likeness (QED) is 0.900. The number of aromatic nitrogens is 2. The molecule has 0 radical (unpaired) electrons. The molecule has 1 saturated carbocycles. The Morgan fingerprint density at radius 3 is 2.86 bits per heavy atom. The third kappa shape index (κ3) is 3.07. The first kappa shape index (κ1) is 14.1. The Hall–Kier alpha value is -1.89. The molecule has 1 aliphatic carbocycles. The molecule has 2 heterocycles. The fourth-order valence-electron chi connectivity index (χ4n) is 2.83. The van der Waals surface area contributed by atoms with Crippen molar-refractivity contribution in [3.63, 3.8) is 0 Å². The van der Waals surface area contributed by atoms with Crippen LogP contribution in [0.4, 0.5) is 0 Å².